The SMILES string of the molecule is C=CC=CCCCCCCCCCCC(C)C(CCC)([P+](=O)[O-])[N+](C)(C)C. The molecule has 0 amide bonds. The number of hydrogen-bond donors (Lipinski definition) is 0. The van der Waals surface area contributed by atoms with E-state index >= 15 is 0 Å². The second-order valence-electron chi connectivity index (χ2n) is 8.87. The maximum atomic E-state index is 12.2. The van der Waals surface area contributed by atoms with Crippen LogP contribution in [0.4, 0.5) is 0 Å². The van der Waals surface area contributed by atoms with Gasteiger partial charge in [-0.05, 0) is 25.7 Å². The van der Waals surface area contributed by atoms with Gasteiger partial charge in [0.1, 0.15) is 0 Å². The van der Waals surface area contributed by atoms with Gasteiger partial charge < -0.3 is 4.89 Å². The minimum absolute atomic E-state index is 0.196. The van der Waals surface area contributed by atoms with E-state index in [0.717, 1.165) is 32.1 Å². The van der Waals surface area contributed by atoms with Gasteiger partial charge in [0.25, 0.3) is 5.28 Å². The smallest absolute Gasteiger partial charge is 0.376 e. The van der Waals surface area contributed by atoms with Gasteiger partial charge in [-0.3, -0.25) is 4.48 Å². The molecule has 0 aromatic rings. The van der Waals surface area contributed by atoms with Crippen LogP contribution < -0.4 is 4.89 Å². The number of nitrogens with zero attached hydrogens (tertiary/aromatic N) is 1. The van der Waals surface area contributed by atoms with Crippen molar-refractivity contribution in [3.63, 3.8) is 0 Å². The summed E-state index contributed by atoms with van der Waals surface area (Å²) in [6.07, 6.45) is 20.1. The molecule has 4 heteroatoms. The van der Waals surface area contributed by atoms with E-state index in [-0.39, 0.29) is 5.92 Å². The van der Waals surface area contributed by atoms with Crippen molar-refractivity contribution in [2.24, 2.45) is 5.92 Å². The van der Waals surface area contributed by atoms with Crippen LogP contribution in [0.2, 0.25) is 0 Å². The molecule has 0 rings (SSSR count). The molecule has 0 aromatic heterocycles. The highest BCUT2D eigenvalue weighted by Crippen LogP contribution is 2.49. The van der Waals surface area contributed by atoms with Gasteiger partial charge in [0.15, 0.2) is 0 Å². The van der Waals surface area contributed by atoms with Crippen molar-refractivity contribution in [2.45, 2.75) is 96.2 Å². The maximum Gasteiger partial charge on any atom is 0.376 e. The van der Waals surface area contributed by atoms with Gasteiger partial charge in [0, 0.05) is 6.42 Å². The standard InChI is InChI=1S/C23H45NO2P/c1-7-9-10-11-12-13-14-15-16-17-18-19-20-22(3)23(21-8-2,27(25)26)24(4,5)6/h7,9-10,22H,1,8,11-21H2,2-6H3/q+1. The van der Waals surface area contributed by atoms with Crippen LogP contribution in [0.25, 0.3) is 0 Å². The molecule has 0 fully saturated rings. The molecule has 0 aliphatic heterocycles. The van der Waals surface area contributed by atoms with E-state index < -0.39 is 13.3 Å². The van der Waals surface area contributed by atoms with E-state index in [9.17, 15) is 9.46 Å². The molecule has 0 bridgehead atoms. The Labute approximate surface area is 170 Å². The van der Waals surface area contributed by atoms with Crippen LogP contribution in [-0.4, -0.2) is 30.9 Å². The van der Waals surface area contributed by atoms with Crippen LogP contribution in [0.5, 0.6) is 0 Å². The molecule has 0 aromatic carbocycles. The lowest BCUT2D eigenvalue weighted by Crippen LogP contribution is -2.59. The van der Waals surface area contributed by atoms with Crippen LogP contribution in [0.1, 0.15) is 90.9 Å². The molecule has 158 valence electrons. The predicted molar refractivity (Wildman–Crippen MR) is 118 cm³/mol. The number of rotatable bonds is 17. The summed E-state index contributed by atoms with van der Waals surface area (Å²) in [7, 11) is 3.64. The third kappa shape index (κ3) is 9.50. The minimum Gasteiger partial charge on any atom is -0.590 e. The molecular weight excluding hydrogens is 353 g/mol. The quantitative estimate of drug-likeness (QED) is 0.120. The first-order valence-corrected chi connectivity index (χ1v) is 12.1. The third-order valence-corrected chi connectivity index (χ3v) is 7.81. The first kappa shape index (κ1) is 26.5. The van der Waals surface area contributed by atoms with Crippen molar-refractivity contribution in [1.82, 2.24) is 0 Å². The first-order valence-electron chi connectivity index (χ1n) is 11.0. The van der Waals surface area contributed by atoms with Gasteiger partial charge in [-0.25, -0.2) is 0 Å². The summed E-state index contributed by atoms with van der Waals surface area (Å²) in [4.78, 5) is 12.2. The Bertz CT molecular complexity index is 442. The fourth-order valence-corrected chi connectivity index (χ4v) is 5.71. The molecule has 0 saturated heterocycles. The average Bonchev–Trinajstić information content (AvgIpc) is 2.58. The summed E-state index contributed by atoms with van der Waals surface area (Å²) in [6, 6.07) is 0. The van der Waals surface area contributed by atoms with E-state index in [1.807, 2.05) is 33.3 Å². The Balaban J connectivity index is 4.09. The third-order valence-electron chi connectivity index (χ3n) is 5.92. The first-order chi connectivity index (χ1) is 12.7. The summed E-state index contributed by atoms with van der Waals surface area (Å²) in [6.45, 7) is 7.91. The van der Waals surface area contributed by atoms with Gasteiger partial charge in [-0.15, -0.1) is 0 Å². The Kier molecular flexibility index (Phi) is 14.2. The van der Waals surface area contributed by atoms with Crippen LogP contribution in [0, 0.1) is 5.92 Å². The van der Waals surface area contributed by atoms with Crippen LogP contribution in [-0.2, 0) is 4.57 Å². The molecular formula is C23H45NO2P+. The highest BCUT2D eigenvalue weighted by atomic mass is 31.1. The van der Waals surface area contributed by atoms with Crippen LogP contribution >= 0.6 is 8.03 Å². The largest absolute Gasteiger partial charge is 0.590 e. The summed E-state index contributed by atoms with van der Waals surface area (Å²) in [5, 5.41) is -0.635. The van der Waals surface area contributed by atoms with E-state index in [1.54, 1.807) is 0 Å². The second-order valence-corrected chi connectivity index (χ2v) is 10.2. The summed E-state index contributed by atoms with van der Waals surface area (Å²) in [5.41, 5.74) is 0. The van der Waals surface area contributed by atoms with Gasteiger partial charge in [0.05, 0.1) is 27.1 Å². The Morgan fingerprint density at radius 1 is 1.04 bits per heavy atom. The summed E-state index contributed by atoms with van der Waals surface area (Å²) in [5.74, 6) is 0.196. The fourth-order valence-electron chi connectivity index (χ4n) is 4.32. The molecule has 3 unspecified atom stereocenters. The van der Waals surface area contributed by atoms with Gasteiger partial charge >= 0.3 is 8.03 Å². The van der Waals surface area contributed by atoms with Gasteiger partial charge in [0.2, 0.25) is 0 Å². The monoisotopic (exact) mass is 398 g/mol. The molecule has 3 nitrogen and oxygen atoms in total. The number of hydrogen-bond acceptors (Lipinski definition) is 2. The van der Waals surface area contributed by atoms with E-state index in [1.165, 1.54) is 44.9 Å². The van der Waals surface area contributed by atoms with Crippen molar-refractivity contribution in [3.8, 4) is 0 Å². The maximum absolute atomic E-state index is 12.2. The normalized spacial score (nSPS) is 16.3. The molecule has 0 N–H and O–H groups in total. The van der Waals surface area contributed by atoms with Crippen LogP contribution in [0.15, 0.2) is 24.8 Å². The average molecular weight is 399 g/mol. The summed E-state index contributed by atoms with van der Waals surface area (Å²) < 4.78 is 12.7. The lowest BCUT2D eigenvalue weighted by molar-refractivity contribution is -0.914. The van der Waals surface area contributed by atoms with E-state index in [2.05, 4.69) is 26.5 Å². The second kappa shape index (κ2) is 14.5. The van der Waals surface area contributed by atoms with Gasteiger partial charge in [-0.1, -0.05) is 88.2 Å². The van der Waals surface area contributed by atoms with Crippen molar-refractivity contribution in [2.75, 3.05) is 21.1 Å². The zero-order chi connectivity index (χ0) is 20.8. The molecule has 0 aliphatic carbocycles. The predicted octanol–water partition coefficient (Wildman–Crippen LogP) is 6.57. The zero-order valence-electron chi connectivity index (χ0n) is 18.7. The molecule has 0 spiro atoms. The van der Waals surface area contributed by atoms with Gasteiger partial charge in [-0.2, -0.15) is 0 Å². The van der Waals surface area contributed by atoms with Crippen molar-refractivity contribution in [3.05, 3.63) is 24.8 Å². The lowest BCUT2D eigenvalue weighted by Gasteiger charge is -2.43. The van der Waals surface area contributed by atoms with Crippen molar-refractivity contribution in [1.29, 1.82) is 0 Å². The van der Waals surface area contributed by atoms with Crippen molar-refractivity contribution >= 4 is 8.03 Å². The molecule has 0 aliphatic rings. The zero-order valence-corrected chi connectivity index (χ0v) is 19.6. The minimum atomic E-state index is -2.46. The van der Waals surface area contributed by atoms with E-state index in [0.29, 0.717) is 4.48 Å². The van der Waals surface area contributed by atoms with E-state index in [4.69, 9.17) is 0 Å². The highest BCUT2D eigenvalue weighted by Gasteiger charge is 2.58. The lowest BCUT2D eigenvalue weighted by atomic mass is 9.89. The topological polar surface area (TPSA) is 40.1 Å². The molecule has 27 heavy (non-hydrogen) atoms. The molecule has 0 radical (unpaired) electrons. The number of allylic oxidation sites excluding steroid dienone is 3. The van der Waals surface area contributed by atoms with Crippen molar-refractivity contribution < 1.29 is 13.9 Å². The Hall–Kier alpha value is -0.500. The Morgan fingerprint density at radius 2 is 1.56 bits per heavy atom. The fraction of sp³-hybridized carbons (Fsp3) is 0.826. The molecule has 3 atom stereocenters. The Morgan fingerprint density at radius 3 is 2.00 bits per heavy atom. The molecule has 0 heterocycles. The van der Waals surface area contributed by atoms with Crippen LogP contribution in [0.3, 0.4) is 0 Å². The number of unbranched alkanes of at least 4 members (excludes halogenated alkanes) is 8. The highest BCUT2D eigenvalue weighted by molar-refractivity contribution is 7.38. The molecule has 0 saturated carbocycles. The number of quaternary nitrogens is 1. The summed E-state index contributed by atoms with van der Waals surface area (Å²) >= 11 is 0.